The molecule has 0 spiro atoms. The van der Waals surface area contributed by atoms with Gasteiger partial charge in [0.2, 0.25) is 0 Å². The zero-order valence-electron chi connectivity index (χ0n) is 4.31. The van der Waals surface area contributed by atoms with Crippen molar-refractivity contribution in [1.29, 1.82) is 0 Å². The Hall–Kier alpha value is 1.45. The van der Waals surface area contributed by atoms with Crippen molar-refractivity contribution in [3.05, 3.63) is 13.8 Å². The van der Waals surface area contributed by atoms with Crippen LogP contribution >= 0.6 is 12.6 Å². The van der Waals surface area contributed by atoms with Crippen molar-refractivity contribution in [3.8, 4) is 0 Å². The zero-order valence-corrected chi connectivity index (χ0v) is 8.04. The third kappa shape index (κ3) is 18.0. The number of thiol groups is 1. The predicted octanol–water partition coefficient (Wildman–Crippen LogP) is 1.59. The Morgan fingerprint density at radius 3 is 1.83 bits per heavy atom. The molecule has 0 amide bonds. The first-order chi connectivity index (χ1) is 1.91. The summed E-state index contributed by atoms with van der Waals surface area (Å²) in [4.78, 5) is 0. The number of hydrogen-bond donors (Lipinski definition) is 1. The molecule has 37 valence electrons. The van der Waals surface area contributed by atoms with Crippen LogP contribution in [0.15, 0.2) is 0 Å². The second-order valence-corrected chi connectivity index (χ2v) is 0.956. The second-order valence-electron chi connectivity index (χ2n) is 0.591. The minimum atomic E-state index is 0. The van der Waals surface area contributed by atoms with Crippen LogP contribution in [-0.2, 0) is 32.7 Å². The predicted molar refractivity (Wildman–Crippen MR) is 30.2 cm³/mol. The molecule has 0 atom stereocenters. The van der Waals surface area contributed by atoms with Crippen molar-refractivity contribution in [2.45, 2.75) is 6.92 Å². The molecular formula is C4H10SY-2. The maximum Gasteiger partial charge on any atom is 0 e. The Morgan fingerprint density at radius 1 is 1.67 bits per heavy atom. The fourth-order valence-electron chi connectivity index (χ4n) is 0. The van der Waals surface area contributed by atoms with E-state index in [0.717, 1.165) is 5.75 Å². The first kappa shape index (κ1) is 15.7. The summed E-state index contributed by atoms with van der Waals surface area (Å²) in [6, 6.07) is 0. The minimum absolute atomic E-state index is 0. The van der Waals surface area contributed by atoms with Crippen LogP contribution in [0.3, 0.4) is 0 Å². The fraction of sp³-hybridized carbons (Fsp3) is 0.500. The van der Waals surface area contributed by atoms with Crippen LogP contribution in [0.2, 0.25) is 0 Å². The number of rotatable bonds is 1. The summed E-state index contributed by atoms with van der Waals surface area (Å²) < 4.78 is 0. The van der Waals surface area contributed by atoms with E-state index in [1.807, 2.05) is 13.3 Å². The van der Waals surface area contributed by atoms with Gasteiger partial charge in [-0.25, -0.2) is 12.6 Å². The molecule has 0 nitrogen and oxygen atoms in total. The molecule has 0 aromatic carbocycles. The molecule has 0 aliphatic carbocycles. The molecule has 0 fully saturated rings. The maximum absolute atomic E-state index is 3.86. The van der Waals surface area contributed by atoms with E-state index >= 15 is 0 Å². The second kappa shape index (κ2) is 16.1. The van der Waals surface area contributed by atoms with Crippen molar-refractivity contribution in [3.63, 3.8) is 0 Å². The number of hydrogen-bond acceptors (Lipinski definition) is 1. The van der Waals surface area contributed by atoms with Gasteiger partial charge in [-0.05, 0) is 0 Å². The molecule has 0 aromatic heterocycles. The molecule has 2 heteroatoms. The fourth-order valence-corrected chi connectivity index (χ4v) is 0. The Kier molecular flexibility index (Phi) is 42.0. The van der Waals surface area contributed by atoms with Gasteiger partial charge in [-0.2, -0.15) is 6.92 Å². The zero-order chi connectivity index (χ0) is 3.41. The summed E-state index contributed by atoms with van der Waals surface area (Å²) in [5, 5.41) is 0. The van der Waals surface area contributed by atoms with Gasteiger partial charge in [0.05, 0.1) is 0 Å². The molecule has 0 N–H and O–H groups in total. The molecule has 0 bridgehead atoms. The average molecular weight is 179 g/mol. The van der Waals surface area contributed by atoms with Crippen molar-refractivity contribution in [2.75, 3.05) is 5.75 Å². The molecule has 0 aliphatic rings. The summed E-state index contributed by atoms with van der Waals surface area (Å²) in [7, 11) is 0. The normalized spacial score (nSPS) is 5.00. The van der Waals surface area contributed by atoms with Gasteiger partial charge >= 0.3 is 0 Å². The monoisotopic (exact) mass is 179 g/mol. The van der Waals surface area contributed by atoms with Gasteiger partial charge in [-0.3, -0.25) is 0 Å². The quantitative estimate of drug-likeness (QED) is 0.458. The van der Waals surface area contributed by atoms with Gasteiger partial charge in [-0.1, -0.05) is 0 Å². The van der Waals surface area contributed by atoms with Crippen LogP contribution in [0.5, 0.6) is 0 Å². The van der Waals surface area contributed by atoms with Gasteiger partial charge in [0.15, 0.2) is 0 Å². The first-order valence-electron chi connectivity index (χ1n) is 1.30. The van der Waals surface area contributed by atoms with Gasteiger partial charge in [0.1, 0.15) is 0 Å². The first-order valence-corrected chi connectivity index (χ1v) is 1.93. The molecule has 0 heterocycles. The summed E-state index contributed by atoms with van der Waals surface area (Å²) in [6.45, 7) is 1.98. The molecule has 0 unspecified atom stereocenters. The summed E-state index contributed by atoms with van der Waals surface area (Å²) in [6.07, 6.45) is 1.99. The third-order valence-corrected chi connectivity index (χ3v) is 0.548. The molecule has 0 aromatic rings. The van der Waals surface area contributed by atoms with Crippen molar-refractivity contribution < 1.29 is 32.7 Å². The minimum Gasteiger partial charge on any atom is -0.358 e. The SMILES string of the molecule is C[CH-]CS.[CH3-].[Y]. The van der Waals surface area contributed by atoms with Crippen LogP contribution < -0.4 is 0 Å². The van der Waals surface area contributed by atoms with Crippen molar-refractivity contribution in [2.24, 2.45) is 0 Å². The van der Waals surface area contributed by atoms with Crippen LogP contribution in [-0.4, -0.2) is 5.75 Å². The van der Waals surface area contributed by atoms with Crippen LogP contribution in [0.1, 0.15) is 6.92 Å². The summed E-state index contributed by atoms with van der Waals surface area (Å²) in [5.41, 5.74) is 0. The largest absolute Gasteiger partial charge is 0.358 e. The van der Waals surface area contributed by atoms with E-state index in [4.69, 9.17) is 0 Å². The molecule has 0 aliphatic heterocycles. The molecule has 0 saturated heterocycles. The van der Waals surface area contributed by atoms with E-state index in [-0.39, 0.29) is 40.1 Å². The molecule has 0 saturated carbocycles. The van der Waals surface area contributed by atoms with Crippen LogP contribution in [0, 0.1) is 13.8 Å². The van der Waals surface area contributed by atoms with Crippen molar-refractivity contribution in [1.82, 2.24) is 0 Å². The Bertz CT molecular complexity index is 9.51. The topological polar surface area (TPSA) is 0 Å². The van der Waals surface area contributed by atoms with E-state index in [0.29, 0.717) is 0 Å². The van der Waals surface area contributed by atoms with Gasteiger partial charge < -0.3 is 13.8 Å². The van der Waals surface area contributed by atoms with E-state index in [1.54, 1.807) is 0 Å². The van der Waals surface area contributed by atoms with E-state index in [2.05, 4.69) is 12.6 Å². The summed E-state index contributed by atoms with van der Waals surface area (Å²) in [5.74, 6) is 0.889. The van der Waals surface area contributed by atoms with Gasteiger partial charge in [0, 0.05) is 32.7 Å². The smallest absolute Gasteiger partial charge is 0 e. The maximum atomic E-state index is 3.86. The van der Waals surface area contributed by atoms with Crippen LogP contribution in [0.25, 0.3) is 0 Å². The average Bonchev–Trinajstić information content (AvgIpc) is 1.37. The van der Waals surface area contributed by atoms with Gasteiger partial charge in [0.25, 0.3) is 0 Å². The Labute approximate surface area is 71.4 Å². The summed E-state index contributed by atoms with van der Waals surface area (Å²) >= 11 is 3.86. The van der Waals surface area contributed by atoms with Crippen LogP contribution in [0.4, 0.5) is 0 Å². The standard InChI is InChI=1S/C3H7S.CH3.Y/c1-2-3-4;;/h2,4H,3H2,1H3;1H3;/q2*-1;. The molecule has 1 radical (unpaired) electrons. The third-order valence-electron chi connectivity index (χ3n) is 0.183. The van der Waals surface area contributed by atoms with E-state index < -0.39 is 0 Å². The molecule has 0 rings (SSSR count). The Balaban J connectivity index is -0.0000000450. The van der Waals surface area contributed by atoms with E-state index in [9.17, 15) is 0 Å². The Morgan fingerprint density at radius 2 is 1.83 bits per heavy atom. The van der Waals surface area contributed by atoms with Gasteiger partial charge in [-0.15, -0.1) is 5.75 Å². The van der Waals surface area contributed by atoms with E-state index in [1.165, 1.54) is 0 Å². The molecule has 6 heavy (non-hydrogen) atoms. The van der Waals surface area contributed by atoms with Crippen molar-refractivity contribution >= 4 is 12.6 Å². The molecular weight excluding hydrogens is 169 g/mol.